The van der Waals surface area contributed by atoms with E-state index >= 15 is 0 Å². The van der Waals surface area contributed by atoms with Gasteiger partial charge in [0.2, 0.25) is 6.41 Å². The molecule has 1 aromatic rings. The average Bonchev–Trinajstić information content (AvgIpc) is 2.81. The quantitative estimate of drug-likeness (QED) is 0.240. The van der Waals surface area contributed by atoms with Crippen molar-refractivity contribution in [3.63, 3.8) is 0 Å². The minimum absolute atomic E-state index is 0.364. The van der Waals surface area contributed by atoms with Crippen LogP contribution in [0.1, 0.15) is 70.8 Å². The van der Waals surface area contributed by atoms with Crippen molar-refractivity contribution in [2.45, 2.75) is 54.9 Å². The van der Waals surface area contributed by atoms with Crippen LogP contribution in [0.5, 0.6) is 0 Å². The molecule has 1 amide bonds. The van der Waals surface area contributed by atoms with Crippen LogP contribution < -0.4 is 10.6 Å². The second-order valence-corrected chi connectivity index (χ2v) is 6.72. The van der Waals surface area contributed by atoms with Gasteiger partial charge in [0.1, 0.15) is 0 Å². The van der Waals surface area contributed by atoms with Gasteiger partial charge in [-0.05, 0) is 63.5 Å². The van der Waals surface area contributed by atoms with Gasteiger partial charge in [-0.25, -0.2) is 4.79 Å². The zero-order chi connectivity index (χ0) is 24.7. The van der Waals surface area contributed by atoms with E-state index in [1.807, 2.05) is 71.9 Å². The highest BCUT2D eigenvalue weighted by Gasteiger charge is 2.15. The summed E-state index contributed by atoms with van der Waals surface area (Å²) >= 11 is 0. The number of rotatable bonds is 10. The molecule has 0 atom stereocenters. The Morgan fingerprint density at radius 3 is 2.34 bits per heavy atom. The van der Waals surface area contributed by atoms with Crippen LogP contribution in [0.15, 0.2) is 71.6 Å². The Morgan fingerprint density at radius 1 is 1.19 bits per heavy atom. The number of hydrogen-bond acceptors (Lipinski definition) is 4. The lowest BCUT2D eigenvalue weighted by atomic mass is 9.97. The van der Waals surface area contributed by atoms with E-state index in [0.29, 0.717) is 17.7 Å². The summed E-state index contributed by atoms with van der Waals surface area (Å²) in [4.78, 5) is 23.1. The lowest BCUT2D eigenvalue weighted by molar-refractivity contribution is -0.105. The fourth-order valence-corrected chi connectivity index (χ4v) is 2.96. The van der Waals surface area contributed by atoms with Crippen molar-refractivity contribution in [2.75, 3.05) is 12.4 Å². The number of ether oxygens (including phenoxy) is 1. The molecule has 0 aromatic heterocycles. The van der Waals surface area contributed by atoms with Gasteiger partial charge in [0, 0.05) is 22.6 Å². The van der Waals surface area contributed by atoms with E-state index < -0.39 is 5.97 Å². The molecule has 5 nitrogen and oxygen atoms in total. The molecule has 0 saturated heterocycles. The summed E-state index contributed by atoms with van der Waals surface area (Å²) in [6.07, 6.45) is 9.48. The van der Waals surface area contributed by atoms with E-state index in [1.165, 1.54) is 7.11 Å². The van der Waals surface area contributed by atoms with Crippen molar-refractivity contribution in [1.29, 1.82) is 0 Å². The molecule has 0 aliphatic carbocycles. The van der Waals surface area contributed by atoms with Crippen LogP contribution in [0.2, 0.25) is 0 Å². The molecule has 0 heterocycles. The van der Waals surface area contributed by atoms with Crippen molar-refractivity contribution in [1.82, 2.24) is 5.32 Å². The molecule has 1 rings (SSSR count). The summed E-state index contributed by atoms with van der Waals surface area (Å²) in [6.45, 7) is 18.0. The third kappa shape index (κ3) is 8.42. The molecule has 0 saturated carbocycles. The number of amides is 1. The SMILES string of the molecule is C=C(/C=C(\C)NC(/C(/C=C\C)=C/C)=C(\C)c1ccc(C(=O)OC)cc1NC=O)CC.CC. The maximum Gasteiger partial charge on any atom is 0.337 e. The Bertz CT molecular complexity index is 919. The maximum atomic E-state index is 11.9. The summed E-state index contributed by atoms with van der Waals surface area (Å²) in [7, 11) is 1.32. The van der Waals surface area contributed by atoms with Gasteiger partial charge in [-0.15, -0.1) is 0 Å². The van der Waals surface area contributed by atoms with E-state index in [4.69, 9.17) is 4.74 Å². The van der Waals surface area contributed by atoms with Crippen LogP contribution in [0.3, 0.4) is 0 Å². The first-order valence-corrected chi connectivity index (χ1v) is 10.9. The number of methoxy groups -OCH3 is 1. The molecule has 5 heteroatoms. The summed E-state index contributed by atoms with van der Waals surface area (Å²) in [5, 5.41) is 6.19. The van der Waals surface area contributed by atoms with Gasteiger partial charge in [-0.1, -0.05) is 57.2 Å². The Kier molecular flexibility index (Phi) is 13.8. The number of nitrogens with one attached hydrogen (secondary N) is 2. The zero-order valence-electron chi connectivity index (χ0n) is 20.8. The third-order valence-corrected chi connectivity index (χ3v) is 4.58. The van der Waals surface area contributed by atoms with Gasteiger partial charge in [0.05, 0.1) is 12.7 Å². The van der Waals surface area contributed by atoms with Crippen molar-refractivity contribution in [3.8, 4) is 0 Å². The Morgan fingerprint density at radius 2 is 1.84 bits per heavy atom. The number of carbonyl (C=O) groups excluding carboxylic acids is 2. The van der Waals surface area contributed by atoms with E-state index in [0.717, 1.165) is 40.1 Å². The average molecular weight is 439 g/mol. The molecule has 174 valence electrons. The van der Waals surface area contributed by atoms with Crippen molar-refractivity contribution >= 4 is 23.6 Å². The first-order valence-electron chi connectivity index (χ1n) is 10.9. The van der Waals surface area contributed by atoms with E-state index in [-0.39, 0.29) is 0 Å². The fourth-order valence-electron chi connectivity index (χ4n) is 2.96. The predicted molar refractivity (Wildman–Crippen MR) is 136 cm³/mol. The van der Waals surface area contributed by atoms with Crippen LogP contribution in [0, 0.1) is 0 Å². The Balaban J connectivity index is 0.00000466. The monoisotopic (exact) mass is 438 g/mol. The smallest absolute Gasteiger partial charge is 0.337 e. The summed E-state index contributed by atoms with van der Waals surface area (Å²) < 4.78 is 4.79. The highest BCUT2D eigenvalue weighted by Crippen LogP contribution is 2.30. The molecule has 0 bridgehead atoms. The zero-order valence-corrected chi connectivity index (χ0v) is 20.8. The molecule has 0 unspecified atom stereocenters. The normalized spacial score (nSPS) is 12.4. The number of benzene rings is 1. The van der Waals surface area contributed by atoms with E-state index in [9.17, 15) is 9.59 Å². The van der Waals surface area contributed by atoms with Gasteiger partial charge >= 0.3 is 5.97 Å². The fraction of sp³-hybridized carbons (Fsp3) is 0.333. The van der Waals surface area contributed by atoms with Crippen LogP contribution >= 0.6 is 0 Å². The molecule has 2 N–H and O–H groups in total. The summed E-state index contributed by atoms with van der Waals surface area (Å²) in [5.74, 6) is -0.463. The van der Waals surface area contributed by atoms with Crippen LogP contribution in [-0.4, -0.2) is 19.5 Å². The third-order valence-electron chi connectivity index (χ3n) is 4.58. The molecular formula is C27H38N2O3. The van der Waals surface area contributed by atoms with Gasteiger partial charge in [0.25, 0.3) is 0 Å². The topological polar surface area (TPSA) is 67.4 Å². The molecule has 0 aliphatic rings. The van der Waals surface area contributed by atoms with Crippen molar-refractivity contribution in [3.05, 3.63) is 82.7 Å². The first kappa shape index (κ1) is 28.7. The summed E-state index contributed by atoms with van der Waals surface area (Å²) in [6, 6.07) is 5.11. The van der Waals surface area contributed by atoms with E-state index in [1.54, 1.807) is 12.1 Å². The maximum absolute atomic E-state index is 11.9. The minimum atomic E-state index is -0.463. The number of carbonyl (C=O) groups is 2. The van der Waals surface area contributed by atoms with Crippen LogP contribution in [0.25, 0.3) is 5.57 Å². The molecule has 0 fully saturated rings. The van der Waals surface area contributed by atoms with Crippen molar-refractivity contribution in [2.24, 2.45) is 0 Å². The lowest BCUT2D eigenvalue weighted by Crippen LogP contribution is -2.15. The second kappa shape index (κ2) is 15.5. The Labute approximate surface area is 193 Å². The molecule has 1 aromatic carbocycles. The molecule has 32 heavy (non-hydrogen) atoms. The molecular weight excluding hydrogens is 400 g/mol. The first-order chi connectivity index (χ1) is 15.3. The highest BCUT2D eigenvalue weighted by molar-refractivity contribution is 5.94. The number of allylic oxidation sites excluding steroid dienone is 7. The second-order valence-electron chi connectivity index (χ2n) is 6.72. The van der Waals surface area contributed by atoms with E-state index in [2.05, 4.69) is 24.1 Å². The largest absolute Gasteiger partial charge is 0.465 e. The van der Waals surface area contributed by atoms with Crippen LogP contribution in [0.4, 0.5) is 5.69 Å². The Hall–Kier alpha value is -3.34. The van der Waals surface area contributed by atoms with Gasteiger partial charge < -0.3 is 15.4 Å². The van der Waals surface area contributed by atoms with Gasteiger partial charge in [-0.2, -0.15) is 0 Å². The minimum Gasteiger partial charge on any atom is -0.465 e. The highest BCUT2D eigenvalue weighted by atomic mass is 16.5. The number of esters is 1. The lowest BCUT2D eigenvalue weighted by Gasteiger charge is -2.19. The summed E-state index contributed by atoms with van der Waals surface area (Å²) in [5.41, 5.74) is 6.47. The number of anilines is 1. The predicted octanol–water partition coefficient (Wildman–Crippen LogP) is 6.78. The van der Waals surface area contributed by atoms with Gasteiger partial charge in [-0.3, -0.25) is 4.79 Å². The van der Waals surface area contributed by atoms with Gasteiger partial charge in [0.15, 0.2) is 0 Å². The van der Waals surface area contributed by atoms with Crippen LogP contribution in [-0.2, 0) is 9.53 Å². The molecule has 0 radical (unpaired) electrons. The molecule has 0 spiro atoms. The number of hydrogen-bond donors (Lipinski definition) is 2. The standard InChI is InChI=1S/C25H32N2O3.C2H6/c1-8-11-20(10-3)24(27-18(5)14-17(4)9-2)19(6)22-13-12-21(25(29)30-7)15-23(22)26-16-28;1-2/h8,10-16,27H,4,9H2,1-3,5-7H3,(H,26,28);1-2H3/b11-8-,18-14+,20-10+,24-19+;. The molecule has 0 aliphatic heterocycles. The van der Waals surface area contributed by atoms with Crippen molar-refractivity contribution < 1.29 is 14.3 Å².